The highest BCUT2D eigenvalue weighted by molar-refractivity contribution is 5.90. The zero-order chi connectivity index (χ0) is 17.8. The lowest BCUT2D eigenvalue weighted by atomic mass is 10.2. The Kier molecular flexibility index (Phi) is 4.70. The Hall–Kier alpha value is -3.28. The number of fused-ring (bicyclic) bond motifs is 1. The molecule has 0 unspecified atom stereocenters. The first kappa shape index (κ1) is 16.6. The Morgan fingerprint density at radius 1 is 0.960 bits per heavy atom. The second kappa shape index (κ2) is 7.09. The summed E-state index contributed by atoms with van der Waals surface area (Å²) in [6.07, 6.45) is 0. The number of carbonyl (C=O) groups is 2. The third-order valence-corrected chi connectivity index (χ3v) is 3.40. The van der Waals surface area contributed by atoms with Gasteiger partial charge in [0.15, 0.2) is 0 Å². The second-order valence-corrected chi connectivity index (χ2v) is 5.48. The van der Waals surface area contributed by atoms with Crippen LogP contribution in [-0.2, 0) is 16.2 Å². The van der Waals surface area contributed by atoms with Crippen molar-refractivity contribution in [3.63, 3.8) is 0 Å². The molecule has 0 fully saturated rings. The number of carbonyl (C=O) groups excluding carboxylic acids is 2. The van der Waals surface area contributed by atoms with Crippen LogP contribution in [0.3, 0.4) is 0 Å². The van der Waals surface area contributed by atoms with Crippen LogP contribution in [0.4, 0.5) is 0 Å². The molecular weight excluding hydrogens is 322 g/mol. The van der Waals surface area contributed by atoms with Gasteiger partial charge in [0.25, 0.3) is 0 Å². The summed E-state index contributed by atoms with van der Waals surface area (Å²) >= 11 is 0. The summed E-state index contributed by atoms with van der Waals surface area (Å²) in [7, 11) is 0. The fourth-order valence-corrected chi connectivity index (χ4v) is 2.44. The normalized spacial score (nSPS) is 10.5. The standard InChI is InChI=1S/C19H17NO5/c1-12(21)24-15-8-17-16(10-19(20-17)25-13(2)22)18(9-15)23-11-14-6-4-3-5-7-14/h3-10,20H,11H2,1-2H3. The van der Waals surface area contributed by atoms with Gasteiger partial charge in [0.1, 0.15) is 18.1 Å². The van der Waals surface area contributed by atoms with Crippen LogP contribution in [0.25, 0.3) is 10.9 Å². The molecule has 0 atom stereocenters. The van der Waals surface area contributed by atoms with Crippen molar-refractivity contribution in [2.24, 2.45) is 0 Å². The molecule has 0 amide bonds. The number of nitrogens with one attached hydrogen (secondary N) is 1. The third kappa shape index (κ3) is 4.17. The molecule has 2 aromatic carbocycles. The van der Waals surface area contributed by atoms with Crippen molar-refractivity contribution in [2.45, 2.75) is 20.5 Å². The SMILES string of the molecule is CC(=O)Oc1cc(OCc2ccccc2)c2cc(OC(C)=O)[nH]c2c1. The molecule has 0 radical (unpaired) electrons. The molecule has 6 nitrogen and oxygen atoms in total. The van der Waals surface area contributed by atoms with Crippen molar-refractivity contribution in [2.75, 3.05) is 0 Å². The number of aromatic nitrogens is 1. The highest BCUT2D eigenvalue weighted by Crippen LogP contribution is 2.34. The minimum atomic E-state index is -0.432. The van der Waals surface area contributed by atoms with E-state index in [0.717, 1.165) is 10.9 Å². The van der Waals surface area contributed by atoms with Crippen molar-refractivity contribution < 1.29 is 23.8 Å². The van der Waals surface area contributed by atoms with Gasteiger partial charge in [0, 0.05) is 37.4 Å². The van der Waals surface area contributed by atoms with Crippen molar-refractivity contribution >= 4 is 22.8 Å². The Morgan fingerprint density at radius 3 is 2.36 bits per heavy atom. The molecule has 6 heteroatoms. The molecule has 3 rings (SSSR count). The first-order valence-corrected chi connectivity index (χ1v) is 7.71. The van der Waals surface area contributed by atoms with Gasteiger partial charge in [0.05, 0.1) is 5.52 Å². The van der Waals surface area contributed by atoms with Crippen LogP contribution in [0.1, 0.15) is 19.4 Å². The summed E-state index contributed by atoms with van der Waals surface area (Å²) in [6.45, 7) is 3.00. The lowest BCUT2D eigenvalue weighted by Crippen LogP contribution is -2.02. The second-order valence-electron chi connectivity index (χ2n) is 5.48. The number of H-pyrrole nitrogens is 1. The van der Waals surface area contributed by atoms with E-state index in [1.807, 2.05) is 30.3 Å². The summed E-state index contributed by atoms with van der Waals surface area (Å²) in [6, 6.07) is 14.7. The summed E-state index contributed by atoms with van der Waals surface area (Å²) in [4.78, 5) is 25.4. The highest BCUT2D eigenvalue weighted by atomic mass is 16.5. The fourth-order valence-electron chi connectivity index (χ4n) is 2.44. The van der Waals surface area contributed by atoms with Gasteiger partial charge in [-0.2, -0.15) is 0 Å². The van der Waals surface area contributed by atoms with E-state index >= 15 is 0 Å². The van der Waals surface area contributed by atoms with E-state index < -0.39 is 11.9 Å². The Labute approximate surface area is 144 Å². The molecule has 0 bridgehead atoms. The number of benzene rings is 2. The van der Waals surface area contributed by atoms with Crippen LogP contribution < -0.4 is 14.2 Å². The summed E-state index contributed by atoms with van der Waals surface area (Å²) in [5.74, 6) is 0.303. The van der Waals surface area contributed by atoms with E-state index in [1.54, 1.807) is 18.2 Å². The molecular formula is C19H17NO5. The zero-order valence-corrected chi connectivity index (χ0v) is 13.9. The van der Waals surface area contributed by atoms with Gasteiger partial charge in [-0.25, -0.2) is 0 Å². The van der Waals surface area contributed by atoms with Gasteiger partial charge in [-0.3, -0.25) is 9.59 Å². The predicted octanol–water partition coefficient (Wildman–Crippen LogP) is 3.60. The molecule has 128 valence electrons. The number of aromatic amines is 1. The van der Waals surface area contributed by atoms with Crippen LogP contribution >= 0.6 is 0 Å². The summed E-state index contributed by atoms with van der Waals surface area (Å²) in [5, 5.41) is 0.725. The number of hydrogen-bond acceptors (Lipinski definition) is 5. The van der Waals surface area contributed by atoms with Crippen LogP contribution in [0.2, 0.25) is 0 Å². The Morgan fingerprint density at radius 2 is 1.68 bits per heavy atom. The summed E-state index contributed by atoms with van der Waals surface area (Å²) < 4.78 is 16.1. The maximum atomic E-state index is 11.2. The molecule has 0 spiro atoms. The highest BCUT2D eigenvalue weighted by Gasteiger charge is 2.13. The largest absolute Gasteiger partial charge is 0.488 e. The molecule has 3 aromatic rings. The molecule has 0 saturated heterocycles. The minimum absolute atomic E-state index is 0.298. The first-order chi connectivity index (χ1) is 12.0. The van der Waals surface area contributed by atoms with E-state index in [1.165, 1.54) is 13.8 Å². The third-order valence-electron chi connectivity index (χ3n) is 3.40. The van der Waals surface area contributed by atoms with E-state index in [-0.39, 0.29) is 0 Å². The fraction of sp³-hybridized carbons (Fsp3) is 0.158. The smallest absolute Gasteiger partial charge is 0.309 e. The average Bonchev–Trinajstić information content (AvgIpc) is 2.94. The van der Waals surface area contributed by atoms with Crippen molar-refractivity contribution in [3.8, 4) is 17.4 Å². The molecule has 25 heavy (non-hydrogen) atoms. The Balaban J connectivity index is 1.95. The molecule has 0 saturated carbocycles. The van der Waals surface area contributed by atoms with Gasteiger partial charge in [-0.1, -0.05) is 30.3 Å². The molecule has 1 N–H and O–H groups in total. The van der Waals surface area contributed by atoms with E-state index in [2.05, 4.69) is 4.98 Å². The van der Waals surface area contributed by atoms with E-state index in [9.17, 15) is 9.59 Å². The molecule has 0 aliphatic carbocycles. The lowest BCUT2D eigenvalue weighted by molar-refractivity contribution is -0.132. The maximum Gasteiger partial charge on any atom is 0.309 e. The number of esters is 2. The number of hydrogen-bond donors (Lipinski definition) is 1. The first-order valence-electron chi connectivity index (χ1n) is 7.71. The molecule has 1 heterocycles. The van der Waals surface area contributed by atoms with Gasteiger partial charge >= 0.3 is 11.9 Å². The van der Waals surface area contributed by atoms with Gasteiger partial charge < -0.3 is 19.2 Å². The van der Waals surface area contributed by atoms with Gasteiger partial charge in [0.2, 0.25) is 5.88 Å². The predicted molar refractivity (Wildman–Crippen MR) is 91.7 cm³/mol. The van der Waals surface area contributed by atoms with Crippen LogP contribution in [0, 0.1) is 0 Å². The average molecular weight is 339 g/mol. The Bertz CT molecular complexity index is 914. The zero-order valence-electron chi connectivity index (χ0n) is 13.9. The molecule has 0 aliphatic rings. The minimum Gasteiger partial charge on any atom is -0.488 e. The van der Waals surface area contributed by atoms with Crippen molar-refractivity contribution in [3.05, 3.63) is 54.1 Å². The topological polar surface area (TPSA) is 77.6 Å². The van der Waals surface area contributed by atoms with Gasteiger partial charge in [-0.15, -0.1) is 0 Å². The quantitative estimate of drug-likeness (QED) is 0.568. The van der Waals surface area contributed by atoms with Crippen LogP contribution in [0.5, 0.6) is 17.4 Å². The summed E-state index contributed by atoms with van der Waals surface area (Å²) in [5.41, 5.74) is 1.64. The number of ether oxygens (including phenoxy) is 3. The van der Waals surface area contributed by atoms with E-state index in [0.29, 0.717) is 29.5 Å². The van der Waals surface area contributed by atoms with Gasteiger partial charge in [-0.05, 0) is 5.56 Å². The monoisotopic (exact) mass is 339 g/mol. The van der Waals surface area contributed by atoms with Crippen LogP contribution in [0.15, 0.2) is 48.5 Å². The maximum absolute atomic E-state index is 11.2. The molecule has 1 aromatic heterocycles. The van der Waals surface area contributed by atoms with Crippen molar-refractivity contribution in [1.29, 1.82) is 0 Å². The molecule has 0 aliphatic heterocycles. The van der Waals surface area contributed by atoms with Crippen LogP contribution in [-0.4, -0.2) is 16.9 Å². The van der Waals surface area contributed by atoms with Crippen molar-refractivity contribution in [1.82, 2.24) is 4.98 Å². The number of rotatable bonds is 5. The van der Waals surface area contributed by atoms with E-state index in [4.69, 9.17) is 14.2 Å². The lowest BCUT2D eigenvalue weighted by Gasteiger charge is -2.10.